The molecule has 2 N–H and O–H groups in total. The van der Waals surface area contributed by atoms with Crippen LogP contribution in [0.2, 0.25) is 0 Å². The van der Waals surface area contributed by atoms with Gasteiger partial charge in [0.2, 0.25) is 11.8 Å². The minimum Gasteiger partial charge on any atom is -0.379 e. The van der Waals surface area contributed by atoms with Gasteiger partial charge in [-0.1, -0.05) is 12.1 Å². The van der Waals surface area contributed by atoms with Crippen LogP contribution in [-0.2, 0) is 19.1 Å². The number of rotatable bonds is 6. The van der Waals surface area contributed by atoms with Crippen LogP contribution in [0.1, 0.15) is 0 Å². The highest BCUT2D eigenvalue weighted by Crippen LogP contribution is 2.21. The summed E-state index contributed by atoms with van der Waals surface area (Å²) in [4.78, 5) is 28.7. The van der Waals surface area contributed by atoms with Gasteiger partial charge in [0.05, 0.1) is 50.9 Å². The summed E-state index contributed by atoms with van der Waals surface area (Å²) in [5.74, 6) is -0.191. The lowest BCUT2D eigenvalue weighted by atomic mass is 10.2. The Balaban J connectivity index is 1.53. The maximum Gasteiger partial charge on any atom is 0.238 e. The number of ether oxygens (including phenoxy) is 2. The van der Waals surface area contributed by atoms with Gasteiger partial charge in [0, 0.05) is 26.2 Å². The average Bonchev–Trinajstić information content (AvgIpc) is 2.65. The minimum absolute atomic E-state index is 0.0956. The van der Waals surface area contributed by atoms with E-state index in [9.17, 15) is 9.59 Å². The van der Waals surface area contributed by atoms with Gasteiger partial charge in [0.25, 0.3) is 0 Å². The molecule has 1 aromatic carbocycles. The molecule has 2 amide bonds. The molecule has 0 aliphatic carbocycles. The predicted molar refractivity (Wildman–Crippen MR) is 98.2 cm³/mol. The second kappa shape index (κ2) is 9.63. The first kappa shape index (κ1) is 18.8. The number of hydrogen-bond acceptors (Lipinski definition) is 6. The van der Waals surface area contributed by atoms with Crippen LogP contribution in [0.25, 0.3) is 0 Å². The van der Waals surface area contributed by atoms with Crippen LogP contribution >= 0.6 is 0 Å². The van der Waals surface area contributed by atoms with Crippen molar-refractivity contribution in [2.75, 3.05) is 76.3 Å². The summed E-state index contributed by atoms with van der Waals surface area (Å²) in [6, 6.07) is 7.26. The third kappa shape index (κ3) is 5.77. The summed E-state index contributed by atoms with van der Waals surface area (Å²) in [6.45, 7) is 6.28. The van der Waals surface area contributed by atoms with Crippen LogP contribution < -0.4 is 10.6 Å². The molecule has 142 valence electrons. The Bertz CT molecular complexity index is 560. The SMILES string of the molecule is O=C(CN1CCOCC1)Nc1ccccc1NC(=O)CN1CCOCC1. The molecule has 8 nitrogen and oxygen atoms in total. The zero-order valence-electron chi connectivity index (χ0n) is 14.9. The van der Waals surface area contributed by atoms with E-state index < -0.39 is 0 Å². The summed E-state index contributed by atoms with van der Waals surface area (Å²) in [7, 11) is 0. The smallest absolute Gasteiger partial charge is 0.238 e. The molecule has 0 spiro atoms. The average molecular weight is 362 g/mol. The van der Waals surface area contributed by atoms with Crippen molar-refractivity contribution in [2.45, 2.75) is 0 Å². The van der Waals surface area contributed by atoms with E-state index in [2.05, 4.69) is 20.4 Å². The van der Waals surface area contributed by atoms with Crippen LogP contribution in [0.3, 0.4) is 0 Å². The normalized spacial score (nSPS) is 19.1. The first-order chi connectivity index (χ1) is 12.7. The van der Waals surface area contributed by atoms with E-state index in [0.29, 0.717) is 50.9 Å². The van der Waals surface area contributed by atoms with Crippen LogP contribution in [0.4, 0.5) is 11.4 Å². The molecule has 2 aliphatic heterocycles. The van der Waals surface area contributed by atoms with Crippen LogP contribution in [0.15, 0.2) is 24.3 Å². The standard InChI is InChI=1S/C18H26N4O4/c23-17(13-21-5-9-25-10-6-21)19-15-3-1-2-4-16(15)20-18(24)14-22-7-11-26-12-8-22/h1-4H,5-14H2,(H,19,23)(H,20,24). The molecule has 1 aromatic rings. The Labute approximate surface area is 153 Å². The molecule has 8 heteroatoms. The number of hydrogen-bond donors (Lipinski definition) is 2. The molecule has 0 saturated carbocycles. The number of benzene rings is 1. The topological polar surface area (TPSA) is 83.1 Å². The Morgan fingerprint density at radius 3 is 1.54 bits per heavy atom. The van der Waals surface area contributed by atoms with Crippen molar-refractivity contribution in [3.63, 3.8) is 0 Å². The monoisotopic (exact) mass is 362 g/mol. The first-order valence-electron chi connectivity index (χ1n) is 8.99. The van der Waals surface area contributed by atoms with Gasteiger partial charge < -0.3 is 20.1 Å². The Hall–Kier alpha value is -2.00. The Morgan fingerprint density at radius 1 is 0.769 bits per heavy atom. The van der Waals surface area contributed by atoms with Gasteiger partial charge in [-0.3, -0.25) is 19.4 Å². The van der Waals surface area contributed by atoms with E-state index in [-0.39, 0.29) is 11.8 Å². The summed E-state index contributed by atoms with van der Waals surface area (Å²) < 4.78 is 10.6. The fourth-order valence-corrected chi connectivity index (χ4v) is 3.01. The van der Waals surface area contributed by atoms with E-state index in [1.165, 1.54) is 0 Å². The number of nitrogens with zero attached hydrogens (tertiary/aromatic N) is 2. The summed E-state index contributed by atoms with van der Waals surface area (Å²) in [5.41, 5.74) is 1.22. The number of para-hydroxylation sites is 2. The largest absolute Gasteiger partial charge is 0.379 e. The number of anilines is 2. The van der Waals surface area contributed by atoms with Crippen molar-refractivity contribution < 1.29 is 19.1 Å². The van der Waals surface area contributed by atoms with Gasteiger partial charge in [-0.05, 0) is 12.1 Å². The maximum atomic E-state index is 12.3. The van der Waals surface area contributed by atoms with Crippen molar-refractivity contribution >= 4 is 23.2 Å². The predicted octanol–water partition coefficient (Wildman–Crippen LogP) is 0.228. The van der Waals surface area contributed by atoms with Crippen LogP contribution in [-0.4, -0.2) is 87.3 Å². The molecule has 0 atom stereocenters. The molecule has 2 aliphatic rings. The number of carbonyl (C=O) groups is 2. The zero-order chi connectivity index (χ0) is 18.2. The van der Waals surface area contributed by atoms with Crippen molar-refractivity contribution in [2.24, 2.45) is 0 Å². The number of amides is 2. The summed E-state index contributed by atoms with van der Waals surface area (Å²) in [6.07, 6.45) is 0. The number of morpholine rings is 2. The van der Waals surface area contributed by atoms with Gasteiger partial charge in [0.15, 0.2) is 0 Å². The molecular weight excluding hydrogens is 336 g/mol. The molecule has 3 rings (SSSR count). The van der Waals surface area contributed by atoms with Crippen molar-refractivity contribution in [3.8, 4) is 0 Å². The number of nitrogens with one attached hydrogen (secondary N) is 2. The quantitative estimate of drug-likeness (QED) is 0.754. The highest BCUT2D eigenvalue weighted by molar-refractivity contribution is 6.00. The molecule has 2 heterocycles. The molecule has 2 fully saturated rings. The van der Waals surface area contributed by atoms with Crippen molar-refractivity contribution in [1.82, 2.24) is 9.80 Å². The lowest BCUT2D eigenvalue weighted by molar-refractivity contribution is -0.119. The van der Waals surface area contributed by atoms with E-state index in [4.69, 9.17) is 9.47 Å². The van der Waals surface area contributed by atoms with Gasteiger partial charge in [0.1, 0.15) is 0 Å². The van der Waals surface area contributed by atoms with E-state index in [1.807, 2.05) is 12.1 Å². The van der Waals surface area contributed by atoms with Crippen molar-refractivity contribution in [3.05, 3.63) is 24.3 Å². The second-order valence-corrected chi connectivity index (χ2v) is 6.42. The van der Waals surface area contributed by atoms with E-state index in [1.54, 1.807) is 12.1 Å². The fourth-order valence-electron chi connectivity index (χ4n) is 3.01. The van der Waals surface area contributed by atoms with Crippen LogP contribution in [0, 0.1) is 0 Å². The highest BCUT2D eigenvalue weighted by Gasteiger charge is 2.17. The molecular formula is C18H26N4O4. The molecule has 0 bridgehead atoms. The van der Waals surface area contributed by atoms with Gasteiger partial charge in [-0.15, -0.1) is 0 Å². The maximum absolute atomic E-state index is 12.3. The molecule has 0 radical (unpaired) electrons. The third-order valence-corrected chi connectivity index (χ3v) is 4.42. The van der Waals surface area contributed by atoms with Crippen LogP contribution in [0.5, 0.6) is 0 Å². The molecule has 0 unspecified atom stereocenters. The van der Waals surface area contributed by atoms with E-state index >= 15 is 0 Å². The van der Waals surface area contributed by atoms with E-state index in [0.717, 1.165) is 26.2 Å². The fraction of sp³-hybridized carbons (Fsp3) is 0.556. The minimum atomic E-state index is -0.0956. The first-order valence-corrected chi connectivity index (χ1v) is 8.99. The zero-order valence-corrected chi connectivity index (χ0v) is 14.9. The second-order valence-electron chi connectivity index (χ2n) is 6.42. The summed E-state index contributed by atoms with van der Waals surface area (Å²) >= 11 is 0. The summed E-state index contributed by atoms with van der Waals surface area (Å²) in [5, 5.41) is 5.79. The molecule has 2 saturated heterocycles. The van der Waals surface area contributed by atoms with Gasteiger partial charge in [-0.2, -0.15) is 0 Å². The lowest BCUT2D eigenvalue weighted by Crippen LogP contribution is -2.41. The lowest BCUT2D eigenvalue weighted by Gasteiger charge is -2.26. The Kier molecular flexibility index (Phi) is 6.96. The Morgan fingerprint density at radius 2 is 1.15 bits per heavy atom. The molecule has 0 aromatic heterocycles. The number of carbonyl (C=O) groups excluding carboxylic acids is 2. The molecule has 26 heavy (non-hydrogen) atoms. The van der Waals surface area contributed by atoms with Gasteiger partial charge in [-0.25, -0.2) is 0 Å². The highest BCUT2D eigenvalue weighted by atomic mass is 16.5. The third-order valence-electron chi connectivity index (χ3n) is 4.42. The van der Waals surface area contributed by atoms with Crippen molar-refractivity contribution in [1.29, 1.82) is 0 Å². The van der Waals surface area contributed by atoms with Gasteiger partial charge >= 0.3 is 0 Å².